The van der Waals surface area contributed by atoms with Gasteiger partial charge >= 0.3 is 18.3 Å². The first-order valence-corrected chi connectivity index (χ1v) is 12.0. The molecule has 0 heterocycles. The average molecular weight is 612 g/mol. The molecule has 0 amide bonds. The molecule has 0 saturated heterocycles. The molecule has 43 heavy (non-hydrogen) atoms. The summed E-state index contributed by atoms with van der Waals surface area (Å²) in [6.07, 6.45) is -8.92. The Bertz CT molecular complexity index is 1650. The van der Waals surface area contributed by atoms with Crippen LogP contribution in [0.2, 0.25) is 0 Å². The zero-order chi connectivity index (χ0) is 32.1. The summed E-state index contributed by atoms with van der Waals surface area (Å²) >= 11 is 0. The number of rotatable bonds is 6. The molecule has 0 aliphatic rings. The van der Waals surface area contributed by atoms with Crippen LogP contribution in [0.4, 0.5) is 35.1 Å². The van der Waals surface area contributed by atoms with E-state index < -0.39 is 46.6 Å². The maximum absolute atomic E-state index is 13.0. The summed E-state index contributed by atoms with van der Waals surface area (Å²) in [5.41, 5.74) is -2.03. The van der Waals surface area contributed by atoms with Gasteiger partial charge in [0.2, 0.25) is 0 Å². The Morgan fingerprint density at radius 3 is 1.49 bits per heavy atom. The molecule has 0 aromatic heterocycles. The highest BCUT2D eigenvalue weighted by atomic mass is 19.4. The van der Waals surface area contributed by atoms with Crippen LogP contribution >= 0.6 is 0 Å². The van der Waals surface area contributed by atoms with Gasteiger partial charge in [-0.1, -0.05) is 0 Å². The maximum Gasteiger partial charge on any atom is 0.416 e. The molecule has 226 valence electrons. The van der Waals surface area contributed by atoms with Crippen molar-refractivity contribution in [3.05, 3.63) is 118 Å². The van der Waals surface area contributed by atoms with Crippen LogP contribution in [0.5, 0.6) is 23.0 Å². The van der Waals surface area contributed by atoms with Crippen molar-refractivity contribution in [1.29, 1.82) is 0 Å². The van der Waals surface area contributed by atoms with Crippen molar-refractivity contribution in [2.75, 3.05) is 0 Å². The summed E-state index contributed by atoms with van der Waals surface area (Å²) in [4.78, 5) is 22.1. The van der Waals surface area contributed by atoms with Crippen molar-refractivity contribution < 1.29 is 59.3 Å². The number of carbonyl (C=O) groups excluding carboxylic acids is 1. The average Bonchev–Trinajstić information content (AvgIpc) is 2.91. The second-order valence-electron chi connectivity index (χ2n) is 8.91. The van der Waals surface area contributed by atoms with Gasteiger partial charge in [-0.15, -0.1) is 0 Å². The van der Waals surface area contributed by atoms with Gasteiger partial charge in [-0.2, -0.15) is 26.3 Å². The highest BCUT2D eigenvalue weighted by Gasteiger charge is 2.32. The first-order chi connectivity index (χ1) is 20.0. The number of aromatic carboxylic acids is 1. The molecule has 0 bridgehead atoms. The number of carbonyl (C=O) groups is 2. The van der Waals surface area contributed by atoms with E-state index in [1.54, 1.807) is 6.92 Å². The Balaban J connectivity index is 0.000000236. The summed E-state index contributed by atoms with van der Waals surface area (Å²) in [6, 6.07) is 12.0. The molecule has 0 saturated carbocycles. The molecular formula is C30H20F8O5. The summed E-state index contributed by atoms with van der Waals surface area (Å²) in [5, 5.41) is 9.04. The number of carboxylic acid groups (broad SMARTS) is 1. The van der Waals surface area contributed by atoms with Gasteiger partial charge in [-0.25, -0.2) is 13.6 Å². The van der Waals surface area contributed by atoms with Gasteiger partial charge in [0.1, 0.15) is 40.2 Å². The number of hydrogen-bond acceptors (Lipinski definition) is 4. The number of carboxylic acids is 1. The summed E-state index contributed by atoms with van der Waals surface area (Å²) in [7, 11) is 0. The molecule has 0 radical (unpaired) electrons. The fourth-order valence-corrected chi connectivity index (χ4v) is 3.56. The second-order valence-corrected chi connectivity index (χ2v) is 8.91. The smallest absolute Gasteiger partial charge is 0.416 e. The largest absolute Gasteiger partial charge is 0.478 e. The fraction of sp³-hybridized carbons (Fsp3) is 0.133. The fourth-order valence-electron chi connectivity index (χ4n) is 3.56. The Labute approximate surface area is 238 Å². The van der Waals surface area contributed by atoms with E-state index >= 15 is 0 Å². The number of hydrogen-bond donors (Lipinski definition) is 1. The van der Waals surface area contributed by atoms with E-state index in [0.717, 1.165) is 36.4 Å². The Morgan fingerprint density at radius 1 is 0.651 bits per heavy atom. The van der Waals surface area contributed by atoms with E-state index in [1.165, 1.54) is 31.2 Å². The molecular weight excluding hydrogens is 592 g/mol. The van der Waals surface area contributed by atoms with Crippen LogP contribution in [-0.2, 0) is 12.4 Å². The van der Waals surface area contributed by atoms with Gasteiger partial charge in [0, 0.05) is 0 Å². The molecule has 0 atom stereocenters. The highest BCUT2D eigenvalue weighted by molar-refractivity contribution is 5.91. The van der Waals surface area contributed by atoms with Crippen LogP contribution in [-0.4, -0.2) is 17.4 Å². The van der Waals surface area contributed by atoms with Crippen molar-refractivity contribution in [3.63, 3.8) is 0 Å². The maximum atomic E-state index is 13.0. The molecule has 4 aromatic carbocycles. The van der Waals surface area contributed by atoms with Gasteiger partial charge < -0.3 is 14.6 Å². The lowest BCUT2D eigenvalue weighted by Gasteiger charge is -2.13. The third-order valence-corrected chi connectivity index (χ3v) is 5.72. The minimum atomic E-state index is -4.66. The van der Waals surface area contributed by atoms with Gasteiger partial charge in [-0.3, -0.25) is 4.79 Å². The molecule has 5 nitrogen and oxygen atoms in total. The molecule has 0 aliphatic carbocycles. The Morgan fingerprint density at radius 2 is 1.07 bits per heavy atom. The standard InChI is InChI=1S/C15H10F4O3.C15H10F4O2/c1-8-6-10(16)3-5-12(8)22-13-4-2-9(15(17,18)19)7-11(13)14(20)21;1-9-6-12(16)3-5-13(9)21-14-4-2-11(15(17,18)19)7-10(14)8-20/h2-7H,1H3,(H,20,21);2-8H,1H3. The zero-order valence-electron chi connectivity index (χ0n) is 22.1. The van der Waals surface area contributed by atoms with Gasteiger partial charge in [0.25, 0.3) is 0 Å². The van der Waals surface area contributed by atoms with E-state index in [0.29, 0.717) is 23.3 Å². The normalized spacial score (nSPS) is 11.3. The van der Waals surface area contributed by atoms with Gasteiger partial charge in [-0.05, 0) is 97.8 Å². The van der Waals surface area contributed by atoms with Crippen LogP contribution in [0.1, 0.15) is 43.0 Å². The van der Waals surface area contributed by atoms with E-state index in [2.05, 4.69) is 0 Å². The van der Waals surface area contributed by atoms with Crippen LogP contribution in [0, 0.1) is 25.5 Å². The molecule has 0 aliphatic heterocycles. The topological polar surface area (TPSA) is 72.8 Å². The lowest BCUT2D eigenvalue weighted by atomic mass is 10.1. The van der Waals surface area contributed by atoms with Crippen molar-refractivity contribution in [2.45, 2.75) is 26.2 Å². The SMILES string of the molecule is Cc1cc(F)ccc1Oc1ccc(C(F)(F)F)cc1C(=O)O.Cc1cc(F)ccc1Oc1ccc(C(F)(F)F)cc1C=O. The molecule has 1 N–H and O–H groups in total. The summed E-state index contributed by atoms with van der Waals surface area (Å²) in [5.74, 6) is -2.37. The number of aryl methyl sites for hydroxylation is 2. The van der Waals surface area contributed by atoms with E-state index in [1.807, 2.05) is 0 Å². The van der Waals surface area contributed by atoms with E-state index in [4.69, 9.17) is 14.6 Å². The van der Waals surface area contributed by atoms with Crippen molar-refractivity contribution >= 4 is 12.3 Å². The van der Waals surface area contributed by atoms with E-state index in [9.17, 15) is 44.7 Å². The van der Waals surface area contributed by atoms with Gasteiger partial charge in [0.15, 0.2) is 6.29 Å². The third-order valence-electron chi connectivity index (χ3n) is 5.72. The number of aldehydes is 1. The molecule has 4 rings (SSSR count). The van der Waals surface area contributed by atoms with Crippen molar-refractivity contribution in [3.8, 4) is 23.0 Å². The predicted molar refractivity (Wildman–Crippen MR) is 138 cm³/mol. The quantitative estimate of drug-likeness (QED) is 0.174. The molecule has 13 heteroatoms. The monoisotopic (exact) mass is 612 g/mol. The Hall–Kier alpha value is -4.94. The number of benzene rings is 4. The first kappa shape index (κ1) is 32.6. The predicted octanol–water partition coefficient (Wildman–Crippen LogP) is 9.40. The first-order valence-electron chi connectivity index (χ1n) is 12.0. The highest BCUT2D eigenvalue weighted by Crippen LogP contribution is 2.36. The number of alkyl halides is 6. The van der Waals surface area contributed by atoms with Crippen LogP contribution < -0.4 is 9.47 Å². The molecule has 0 unspecified atom stereocenters. The number of ether oxygens (including phenoxy) is 2. The second kappa shape index (κ2) is 12.9. The number of halogens is 8. The summed E-state index contributed by atoms with van der Waals surface area (Å²) in [6.45, 7) is 3.12. The summed E-state index contributed by atoms with van der Waals surface area (Å²) < 4.78 is 112. The third kappa shape index (κ3) is 8.53. The van der Waals surface area contributed by atoms with E-state index in [-0.39, 0.29) is 34.8 Å². The van der Waals surface area contributed by atoms with Crippen molar-refractivity contribution in [2.24, 2.45) is 0 Å². The van der Waals surface area contributed by atoms with Crippen LogP contribution in [0.3, 0.4) is 0 Å². The van der Waals surface area contributed by atoms with Crippen molar-refractivity contribution in [1.82, 2.24) is 0 Å². The Kier molecular flexibility index (Phi) is 9.79. The molecule has 4 aromatic rings. The minimum absolute atomic E-state index is 0.0206. The van der Waals surface area contributed by atoms with Gasteiger partial charge in [0.05, 0.1) is 16.7 Å². The molecule has 0 spiro atoms. The molecule has 0 fully saturated rings. The zero-order valence-corrected chi connectivity index (χ0v) is 22.1. The lowest BCUT2D eigenvalue weighted by Crippen LogP contribution is -2.08. The lowest BCUT2D eigenvalue weighted by molar-refractivity contribution is -0.138. The minimum Gasteiger partial charge on any atom is -0.478 e. The van der Waals surface area contributed by atoms with Crippen LogP contribution in [0.25, 0.3) is 0 Å². The van der Waals surface area contributed by atoms with Crippen LogP contribution in [0.15, 0.2) is 72.8 Å².